The maximum atomic E-state index is 13.1. The lowest BCUT2D eigenvalue weighted by Gasteiger charge is -2.19. The van der Waals surface area contributed by atoms with Crippen molar-refractivity contribution >= 4 is 5.91 Å². The molecule has 1 aliphatic rings. The number of nitrogens with zero attached hydrogens (tertiary/aromatic N) is 2. The number of aromatic nitrogens is 2. The van der Waals surface area contributed by atoms with Crippen molar-refractivity contribution in [3.63, 3.8) is 0 Å². The minimum absolute atomic E-state index is 0.0156. The van der Waals surface area contributed by atoms with Crippen LogP contribution in [0.15, 0.2) is 60.9 Å². The smallest absolute Gasteiger partial charge is 0.224 e. The Balaban J connectivity index is 1.53. The number of carbonyl (C=O) groups excluding carboxylic acids is 1. The van der Waals surface area contributed by atoms with Gasteiger partial charge in [0.1, 0.15) is 23.4 Å². The number of rotatable bonds is 6. The number of benzene rings is 2. The molecule has 0 aliphatic heterocycles. The monoisotopic (exact) mass is 379 g/mol. The summed E-state index contributed by atoms with van der Waals surface area (Å²) < 4.78 is 20.3. The van der Waals surface area contributed by atoms with E-state index in [-0.39, 0.29) is 29.6 Å². The molecule has 0 radical (unpaired) electrons. The average molecular weight is 379 g/mol. The van der Waals surface area contributed by atoms with Crippen LogP contribution in [-0.4, -0.2) is 22.6 Å². The molecule has 3 atom stereocenters. The van der Waals surface area contributed by atoms with E-state index in [2.05, 4.69) is 10.3 Å². The van der Waals surface area contributed by atoms with Gasteiger partial charge < -0.3 is 14.6 Å². The van der Waals surface area contributed by atoms with Crippen molar-refractivity contribution in [2.45, 2.75) is 18.4 Å². The molecule has 1 fully saturated rings. The Morgan fingerprint density at radius 2 is 1.93 bits per heavy atom. The molecule has 1 aliphatic carbocycles. The molecule has 6 heteroatoms. The third-order valence-corrected chi connectivity index (χ3v) is 5.28. The second-order valence-corrected chi connectivity index (χ2v) is 7.11. The van der Waals surface area contributed by atoms with Crippen molar-refractivity contribution in [2.24, 2.45) is 13.0 Å². The van der Waals surface area contributed by atoms with Crippen LogP contribution in [0.1, 0.15) is 35.3 Å². The quantitative estimate of drug-likeness (QED) is 0.712. The number of halogens is 1. The van der Waals surface area contributed by atoms with Crippen molar-refractivity contribution < 1.29 is 13.9 Å². The molecule has 0 spiro atoms. The highest BCUT2D eigenvalue weighted by Crippen LogP contribution is 2.47. The first-order valence-electron chi connectivity index (χ1n) is 9.24. The van der Waals surface area contributed by atoms with Crippen LogP contribution in [-0.2, 0) is 11.8 Å². The van der Waals surface area contributed by atoms with Gasteiger partial charge in [-0.1, -0.05) is 24.3 Å². The van der Waals surface area contributed by atoms with Crippen molar-refractivity contribution in [3.05, 3.63) is 83.7 Å². The Hall–Kier alpha value is -3.15. The molecule has 2 aromatic carbocycles. The number of ether oxygens (including phenoxy) is 1. The predicted molar refractivity (Wildman–Crippen MR) is 103 cm³/mol. The fraction of sp³-hybridized carbons (Fsp3) is 0.273. The second kappa shape index (κ2) is 7.46. The molecule has 4 rings (SSSR count). The zero-order valence-electron chi connectivity index (χ0n) is 15.8. The first-order chi connectivity index (χ1) is 13.6. The Morgan fingerprint density at radius 1 is 1.21 bits per heavy atom. The van der Waals surface area contributed by atoms with Gasteiger partial charge in [0.05, 0.1) is 7.11 Å². The summed E-state index contributed by atoms with van der Waals surface area (Å²) in [6.07, 6.45) is 4.35. The summed E-state index contributed by atoms with van der Waals surface area (Å²) in [5.74, 6) is 1.27. The number of aryl methyl sites for hydroxylation is 1. The molecule has 5 nitrogen and oxygen atoms in total. The standard InChI is InChI=1S/C22H22FN3O2/c1-26-12-11-24-21(26)20(15-5-9-17(28-2)10-6-15)25-22(27)19-13-18(19)14-3-7-16(23)8-4-14/h3-12,18-20H,13H2,1-2H3,(H,25,27). The molecule has 1 amide bonds. The van der Waals surface area contributed by atoms with Crippen LogP contribution in [0, 0.1) is 11.7 Å². The topological polar surface area (TPSA) is 56.1 Å². The Labute approximate surface area is 163 Å². The zero-order chi connectivity index (χ0) is 19.7. The fourth-order valence-corrected chi connectivity index (χ4v) is 3.56. The van der Waals surface area contributed by atoms with Crippen LogP contribution in [0.5, 0.6) is 5.75 Å². The van der Waals surface area contributed by atoms with E-state index in [1.807, 2.05) is 42.1 Å². The number of hydrogen-bond donors (Lipinski definition) is 1. The number of imidazole rings is 1. The summed E-state index contributed by atoms with van der Waals surface area (Å²) >= 11 is 0. The summed E-state index contributed by atoms with van der Waals surface area (Å²) in [6.45, 7) is 0. The summed E-state index contributed by atoms with van der Waals surface area (Å²) in [5.41, 5.74) is 1.93. The Morgan fingerprint density at radius 3 is 2.54 bits per heavy atom. The van der Waals surface area contributed by atoms with E-state index in [1.54, 1.807) is 25.4 Å². The molecule has 3 aromatic rings. The van der Waals surface area contributed by atoms with Gasteiger partial charge >= 0.3 is 0 Å². The van der Waals surface area contributed by atoms with Crippen molar-refractivity contribution in [3.8, 4) is 5.75 Å². The minimum atomic E-state index is -0.354. The van der Waals surface area contributed by atoms with E-state index in [0.717, 1.165) is 29.1 Å². The van der Waals surface area contributed by atoms with Crippen molar-refractivity contribution in [1.29, 1.82) is 0 Å². The van der Waals surface area contributed by atoms with Gasteiger partial charge in [0.2, 0.25) is 5.91 Å². The van der Waals surface area contributed by atoms with E-state index in [9.17, 15) is 9.18 Å². The van der Waals surface area contributed by atoms with Crippen LogP contribution in [0.25, 0.3) is 0 Å². The number of hydrogen-bond acceptors (Lipinski definition) is 3. The lowest BCUT2D eigenvalue weighted by atomic mass is 10.0. The van der Waals surface area contributed by atoms with E-state index in [4.69, 9.17) is 4.74 Å². The molecular weight excluding hydrogens is 357 g/mol. The summed E-state index contributed by atoms with van der Waals surface area (Å²) in [7, 11) is 3.53. The second-order valence-electron chi connectivity index (χ2n) is 7.11. The minimum Gasteiger partial charge on any atom is -0.497 e. The number of methoxy groups -OCH3 is 1. The number of amides is 1. The largest absolute Gasteiger partial charge is 0.497 e. The van der Waals surface area contributed by atoms with Gasteiger partial charge in [-0.3, -0.25) is 4.79 Å². The van der Waals surface area contributed by atoms with Crippen LogP contribution in [0.2, 0.25) is 0 Å². The molecule has 28 heavy (non-hydrogen) atoms. The normalized spacial score (nSPS) is 19.1. The van der Waals surface area contributed by atoms with Gasteiger partial charge in [0.25, 0.3) is 0 Å². The van der Waals surface area contributed by atoms with Gasteiger partial charge in [-0.2, -0.15) is 0 Å². The summed E-state index contributed by atoms with van der Waals surface area (Å²) in [4.78, 5) is 17.4. The van der Waals surface area contributed by atoms with Gasteiger partial charge in [-0.05, 0) is 47.7 Å². The maximum absolute atomic E-state index is 13.1. The Bertz CT molecular complexity index is 966. The van der Waals surface area contributed by atoms with Crippen LogP contribution in [0.4, 0.5) is 4.39 Å². The van der Waals surface area contributed by atoms with E-state index in [1.165, 1.54) is 12.1 Å². The van der Waals surface area contributed by atoms with E-state index >= 15 is 0 Å². The highest BCUT2D eigenvalue weighted by molar-refractivity contribution is 5.83. The average Bonchev–Trinajstić information content (AvgIpc) is 3.41. The molecular formula is C22H22FN3O2. The number of nitrogens with one attached hydrogen (secondary N) is 1. The van der Waals surface area contributed by atoms with Crippen LogP contribution < -0.4 is 10.1 Å². The SMILES string of the molecule is COc1ccc(C(NC(=O)C2CC2c2ccc(F)cc2)c2nccn2C)cc1. The van der Waals surface area contributed by atoms with Gasteiger partial charge in [0, 0.05) is 25.4 Å². The van der Waals surface area contributed by atoms with Crippen LogP contribution >= 0.6 is 0 Å². The molecule has 1 saturated carbocycles. The van der Waals surface area contributed by atoms with Crippen molar-refractivity contribution in [2.75, 3.05) is 7.11 Å². The molecule has 0 saturated heterocycles. The maximum Gasteiger partial charge on any atom is 0.224 e. The highest BCUT2D eigenvalue weighted by atomic mass is 19.1. The molecule has 1 N–H and O–H groups in total. The lowest BCUT2D eigenvalue weighted by molar-refractivity contribution is -0.123. The molecule has 1 heterocycles. The Kier molecular flexibility index (Phi) is 4.86. The van der Waals surface area contributed by atoms with Gasteiger partial charge in [-0.25, -0.2) is 9.37 Å². The van der Waals surface area contributed by atoms with Crippen molar-refractivity contribution in [1.82, 2.24) is 14.9 Å². The third kappa shape index (κ3) is 3.63. The van der Waals surface area contributed by atoms with Gasteiger partial charge in [0.15, 0.2) is 0 Å². The molecule has 1 aromatic heterocycles. The lowest BCUT2D eigenvalue weighted by Crippen LogP contribution is -2.32. The molecule has 144 valence electrons. The van der Waals surface area contributed by atoms with E-state index < -0.39 is 0 Å². The summed E-state index contributed by atoms with van der Waals surface area (Å²) in [6, 6.07) is 13.7. The first-order valence-corrected chi connectivity index (χ1v) is 9.24. The predicted octanol–water partition coefficient (Wildman–Crippen LogP) is 3.58. The zero-order valence-corrected chi connectivity index (χ0v) is 15.8. The number of carbonyl (C=O) groups is 1. The summed E-state index contributed by atoms with van der Waals surface area (Å²) in [5, 5.41) is 3.15. The molecule has 3 unspecified atom stereocenters. The van der Waals surface area contributed by atoms with Crippen LogP contribution in [0.3, 0.4) is 0 Å². The third-order valence-electron chi connectivity index (χ3n) is 5.28. The van der Waals surface area contributed by atoms with E-state index in [0.29, 0.717) is 0 Å². The first kappa shape index (κ1) is 18.2. The highest BCUT2D eigenvalue weighted by Gasteiger charge is 2.44. The van der Waals surface area contributed by atoms with Gasteiger partial charge in [-0.15, -0.1) is 0 Å². The fourth-order valence-electron chi connectivity index (χ4n) is 3.56. The molecule has 0 bridgehead atoms.